The number of rotatable bonds is 1. The van der Waals surface area contributed by atoms with E-state index in [2.05, 4.69) is 20.9 Å². The molecule has 0 aliphatic rings. The minimum Gasteiger partial charge on any atom is -0.477 e. The molecule has 0 radical (unpaired) electrons. The number of carboxylic acid groups (broad SMARTS) is 1. The number of aromatic carboxylic acids is 1. The monoisotopic (exact) mass is 301 g/mol. The number of pyridine rings is 1. The molecule has 0 aliphatic carbocycles. The number of hydrogen-bond acceptors (Lipinski definition) is 2. The zero-order chi connectivity index (χ0) is 11.9. The fourth-order valence-electron chi connectivity index (χ4n) is 1.40. The quantitative estimate of drug-likeness (QED) is 0.851. The van der Waals surface area contributed by atoms with Crippen LogP contribution < -0.4 is 5.56 Å². The summed E-state index contributed by atoms with van der Waals surface area (Å²) in [6, 6.07) is 4.61. The van der Waals surface area contributed by atoms with Crippen molar-refractivity contribution in [3.8, 4) is 0 Å². The van der Waals surface area contributed by atoms with Crippen LogP contribution in [0.15, 0.2) is 27.5 Å². The molecule has 0 saturated carbocycles. The molecule has 16 heavy (non-hydrogen) atoms. The summed E-state index contributed by atoms with van der Waals surface area (Å²) >= 11 is 9.16. The maximum Gasteiger partial charge on any atom is 0.341 e. The van der Waals surface area contributed by atoms with E-state index < -0.39 is 11.5 Å². The number of hydrogen-bond donors (Lipinski definition) is 2. The highest BCUT2D eigenvalue weighted by molar-refractivity contribution is 9.10. The van der Waals surface area contributed by atoms with E-state index in [1.165, 1.54) is 6.07 Å². The van der Waals surface area contributed by atoms with Crippen molar-refractivity contribution in [3.63, 3.8) is 0 Å². The van der Waals surface area contributed by atoms with Gasteiger partial charge in [0, 0.05) is 9.86 Å². The molecule has 1 heterocycles. The lowest BCUT2D eigenvalue weighted by Gasteiger charge is -2.02. The minimum atomic E-state index is -1.26. The third-order valence-corrected chi connectivity index (χ3v) is 2.85. The van der Waals surface area contributed by atoms with Gasteiger partial charge < -0.3 is 10.1 Å². The molecular weight excluding hydrogens is 297 g/mol. The summed E-state index contributed by atoms with van der Waals surface area (Å²) in [6.07, 6.45) is 0. The first-order valence-electron chi connectivity index (χ1n) is 4.24. The number of benzene rings is 1. The summed E-state index contributed by atoms with van der Waals surface area (Å²) in [5, 5.41) is 9.72. The number of carboxylic acids is 1. The molecule has 82 valence electrons. The Morgan fingerprint density at radius 2 is 2.06 bits per heavy atom. The highest BCUT2D eigenvalue weighted by Crippen LogP contribution is 2.26. The molecule has 1 aromatic carbocycles. The van der Waals surface area contributed by atoms with Gasteiger partial charge in [-0.3, -0.25) is 4.79 Å². The van der Waals surface area contributed by atoms with Crippen LogP contribution in [0, 0.1) is 0 Å². The van der Waals surface area contributed by atoms with Crippen LogP contribution in [0.3, 0.4) is 0 Å². The molecular formula is C10H5BrClNO3. The summed E-state index contributed by atoms with van der Waals surface area (Å²) < 4.78 is 0.716. The topological polar surface area (TPSA) is 70.2 Å². The molecule has 6 heteroatoms. The minimum absolute atomic E-state index is 0.304. The molecule has 0 aliphatic heterocycles. The highest BCUT2D eigenvalue weighted by Gasteiger charge is 2.11. The van der Waals surface area contributed by atoms with Crippen LogP contribution in [0.5, 0.6) is 0 Å². The maximum absolute atomic E-state index is 11.4. The van der Waals surface area contributed by atoms with Gasteiger partial charge in [-0.05, 0) is 18.2 Å². The Morgan fingerprint density at radius 1 is 1.38 bits per heavy atom. The van der Waals surface area contributed by atoms with Crippen LogP contribution >= 0.6 is 27.5 Å². The lowest BCUT2D eigenvalue weighted by molar-refractivity contribution is 0.0695. The molecule has 0 amide bonds. The van der Waals surface area contributed by atoms with E-state index in [9.17, 15) is 9.59 Å². The van der Waals surface area contributed by atoms with Gasteiger partial charge in [-0.1, -0.05) is 27.5 Å². The summed E-state index contributed by atoms with van der Waals surface area (Å²) in [5.74, 6) is -1.26. The summed E-state index contributed by atoms with van der Waals surface area (Å²) in [4.78, 5) is 24.6. The predicted octanol–water partition coefficient (Wildman–Crippen LogP) is 2.64. The van der Waals surface area contributed by atoms with Crippen LogP contribution in [0.1, 0.15) is 10.4 Å². The molecule has 2 N–H and O–H groups in total. The van der Waals surface area contributed by atoms with Gasteiger partial charge in [-0.25, -0.2) is 4.79 Å². The molecule has 0 fully saturated rings. The van der Waals surface area contributed by atoms with Crippen molar-refractivity contribution in [1.82, 2.24) is 4.98 Å². The van der Waals surface area contributed by atoms with Crippen molar-refractivity contribution < 1.29 is 9.90 Å². The summed E-state index contributed by atoms with van der Waals surface area (Å²) in [7, 11) is 0. The van der Waals surface area contributed by atoms with Crippen molar-refractivity contribution in [2.24, 2.45) is 0 Å². The SMILES string of the molecule is O=C(O)c1cc2cc(Br)cc(Cl)c2[nH]c1=O. The fraction of sp³-hybridized carbons (Fsp3) is 0. The molecule has 1 aromatic heterocycles. The molecule has 0 unspecified atom stereocenters. The van der Waals surface area contributed by atoms with E-state index in [1.807, 2.05) is 0 Å². The molecule has 0 atom stereocenters. The normalized spacial score (nSPS) is 10.6. The Bertz CT molecular complexity index is 650. The average molecular weight is 303 g/mol. The van der Waals surface area contributed by atoms with E-state index in [0.29, 0.717) is 20.4 Å². The van der Waals surface area contributed by atoms with Gasteiger partial charge in [0.1, 0.15) is 5.56 Å². The van der Waals surface area contributed by atoms with Gasteiger partial charge in [0.2, 0.25) is 0 Å². The van der Waals surface area contributed by atoms with Crippen LogP contribution in [0.25, 0.3) is 10.9 Å². The smallest absolute Gasteiger partial charge is 0.341 e. The van der Waals surface area contributed by atoms with Gasteiger partial charge in [0.05, 0.1) is 10.5 Å². The zero-order valence-electron chi connectivity index (χ0n) is 7.75. The van der Waals surface area contributed by atoms with Crippen molar-refractivity contribution in [2.45, 2.75) is 0 Å². The molecule has 0 spiro atoms. The predicted molar refractivity (Wildman–Crippen MR) is 64.2 cm³/mol. The number of nitrogens with one attached hydrogen (secondary N) is 1. The van der Waals surface area contributed by atoms with Gasteiger partial charge in [-0.15, -0.1) is 0 Å². The fourth-order valence-corrected chi connectivity index (χ4v) is 2.28. The lowest BCUT2D eigenvalue weighted by Crippen LogP contribution is -2.17. The van der Waals surface area contributed by atoms with Crippen molar-refractivity contribution in [1.29, 1.82) is 0 Å². The van der Waals surface area contributed by atoms with E-state index in [-0.39, 0.29) is 5.56 Å². The summed E-state index contributed by atoms with van der Waals surface area (Å²) in [5.41, 5.74) is -0.536. The van der Waals surface area contributed by atoms with E-state index in [0.717, 1.165) is 0 Å². The van der Waals surface area contributed by atoms with Gasteiger partial charge >= 0.3 is 5.97 Å². The molecule has 2 aromatic rings. The Balaban J connectivity index is 2.90. The second kappa shape index (κ2) is 3.92. The largest absolute Gasteiger partial charge is 0.477 e. The maximum atomic E-state index is 11.4. The standard InChI is InChI=1S/C10H5BrClNO3/c11-5-1-4-2-6(10(15)16)9(14)13-8(4)7(12)3-5/h1-3H,(H,13,14)(H,15,16). The van der Waals surface area contributed by atoms with Gasteiger partial charge in [0.15, 0.2) is 0 Å². The second-order valence-corrected chi connectivity index (χ2v) is 4.49. The Labute approximate surface area is 103 Å². The Hall–Kier alpha value is -1.33. The third-order valence-electron chi connectivity index (χ3n) is 2.10. The first kappa shape index (κ1) is 11.2. The van der Waals surface area contributed by atoms with E-state index in [4.69, 9.17) is 16.7 Å². The van der Waals surface area contributed by atoms with Crippen molar-refractivity contribution >= 4 is 44.4 Å². The second-order valence-electron chi connectivity index (χ2n) is 3.17. The van der Waals surface area contributed by atoms with Crippen molar-refractivity contribution in [3.05, 3.63) is 43.6 Å². The van der Waals surface area contributed by atoms with Crippen LogP contribution in [-0.2, 0) is 0 Å². The number of aromatic amines is 1. The molecule has 0 bridgehead atoms. The average Bonchev–Trinajstić information content (AvgIpc) is 2.18. The lowest BCUT2D eigenvalue weighted by atomic mass is 10.1. The number of halogens is 2. The number of fused-ring (bicyclic) bond motifs is 1. The first-order valence-corrected chi connectivity index (χ1v) is 5.41. The van der Waals surface area contributed by atoms with E-state index in [1.54, 1.807) is 12.1 Å². The molecule has 2 rings (SSSR count). The third kappa shape index (κ3) is 1.83. The van der Waals surface area contributed by atoms with E-state index >= 15 is 0 Å². The Morgan fingerprint density at radius 3 is 2.69 bits per heavy atom. The number of carbonyl (C=O) groups is 1. The first-order chi connectivity index (χ1) is 7.49. The molecule has 4 nitrogen and oxygen atoms in total. The zero-order valence-corrected chi connectivity index (χ0v) is 10.1. The number of aromatic nitrogens is 1. The molecule has 0 saturated heterocycles. The van der Waals surface area contributed by atoms with Gasteiger partial charge in [0.25, 0.3) is 5.56 Å². The number of H-pyrrole nitrogens is 1. The Kier molecular flexibility index (Phi) is 2.73. The van der Waals surface area contributed by atoms with Crippen molar-refractivity contribution in [2.75, 3.05) is 0 Å². The van der Waals surface area contributed by atoms with Crippen LogP contribution in [0.2, 0.25) is 5.02 Å². The van der Waals surface area contributed by atoms with Crippen LogP contribution in [0.4, 0.5) is 0 Å². The van der Waals surface area contributed by atoms with Gasteiger partial charge in [-0.2, -0.15) is 0 Å². The van der Waals surface area contributed by atoms with Crippen LogP contribution in [-0.4, -0.2) is 16.1 Å². The highest BCUT2D eigenvalue weighted by atomic mass is 79.9. The summed E-state index contributed by atoms with van der Waals surface area (Å²) in [6.45, 7) is 0.